The minimum Gasteiger partial charge on any atom is -0.493 e. The second-order valence-electron chi connectivity index (χ2n) is 4.08. The minimum atomic E-state index is 0.570. The summed E-state index contributed by atoms with van der Waals surface area (Å²) in [4.78, 5) is 4.01. The highest BCUT2D eigenvalue weighted by molar-refractivity contribution is 5.55. The molecule has 0 aliphatic carbocycles. The number of aromatic nitrogens is 1. The number of nitriles is 1. The van der Waals surface area contributed by atoms with Crippen LogP contribution in [0.3, 0.4) is 0 Å². The van der Waals surface area contributed by atoms with Crippen molar-refractivity contribution in [3.63, 3.8) is 0 Å². The standard InChI is InChI=1S/C15H15N3O2/c1-19-14-4-3-11(7-15(14)20-2)9-18-13-10-17-6-5-12(13)8-16/h3-7,10,18H,9H2,1-2H3. The Morgan fingerprint density at radius 3 is 2.70 bits per heavy atom. The largest absolute Gasteiger partial charge is 0.493 e. The van der Waals surface area contributed by atoms with E-state index in [1.807, 2.05) is 18.2 Å². The Morgan fingerprint density at radius 2 is 2.00 bits per heavy atom. The summed E-state index contributed by atoms with van der Waals surface area (Å²) in [6, 6.07) is 9.49. The second kappa shape index (κ2) is 6.43. The van der Waals surface area contributed by atoms with Gasteiger partial charge in [0.05, 0.1) is 31.7 Å². The smallest absolute Gasteiger partial charge is 0.161 e. The molecule has 0 aliphatic heterocycles. The van der Waals surface area contributed by atoms with Crippen molar-refractivity contribution in [2.24, 2.45) is 0 Å². The third kappa shape index (κ3) is 2.98. The zero-order valence-corrected chi connectivity index (χ0v) is 11.4. The summed E-state index contributed by atoms with van der Waals surface area (Å²) in [6.45, 7) is 0.570. The van der Waals surface area contributed by atoms with Gasteiger partial charge in [-0.2, -0.15) is 5.26 Å². The maximum Gasteiger partial charge on any atom is 0.161 e. The summed E-state index contributed by atoms with van der Waals surface area (Å²) in [6.07, 6.45) is 3.24. The predicted octanol–water partition coefficient (Wildman–Crippen LogP) is 2.58. The highest BCUT2D eigenvalue weighted by Crippen LogP contribution is 2.27. The Morgan fingerprint density at radius 1 is 1.20 bits per heavy atom. The van der Waals surface area contributed by atoms with Crippen molar-refractivity contribution < 1.29 is 9.47 Å². The summed E-state index contributed by atoms with van der Waals surface area (Å²) in [5, 5.41) is 12.2. The lowest BCUT2D eigenvalue weighted by molar-refractivity contribution is 0.354. The van der Waals surface area contributed by atoms with Gasteiger partial charge in [0.1, 0.15) is 6.07 Å². The van der Waals surface area contributed by atoms with Gasteiger partial charge in [0, 0.05) is 12.7 Å². The third-order valence-electron chi connectivity index (χ3n) is 2.87. The number of methoxy groups -OCH3 is 2. The molecule has 0 saturated carbocycles. The topological polar surface area (TPSA) is 67.2 Å². The molecule has 20 heavy (non-hydrogen) atoms. The Kier molecular flexibility index (Phi) is 4.40. The van der Waals surface area contributed by atoms with Crippen molar-refractivity contribution in [2.45, 2.75) is 6.54 Å². The van der Waals surface area contributed by atoms with Crippen molar-refractivity contribution in [2.75, 3.05) is 19.5 Å². The first kappa shape index (κ1) is 13.7. The molecule has 2 aromatic rings. The summed E-state index contributed by atoms with van der Waals surface area (Å²) in [5.41, 5.74) is 2.31. The van der Waals surface area contributed by atoms with E-state index in [1.54, 1.807) is 32.7 Å². The molecule has 0 spiro atoms. The van der Waals surface area contributed by atoms with Gasteiger partial charge in [0.25, 0.3) is 0 Å². The molecule has 0 unspecified atom stereocenters. The quantitative estimate of drug-likeness (QED) is 0.903. The Labute approximate surface area is 117 Å². The van der Waals surface area contributed by atoms with E-state index in [0.717, 1.165) is 5.56 Å². The highest BCUT2D eigenvalue weighted by Gasteiger charge is 2.05. The zero-order valence-electron chi connectivity index (χ0n) is 11.4. The fraction of sp³-hybridized carbons (Fsp3) is 0.200. The molecule has 102 valence electrons. The number of benzene rings is 1. The van der Waals surface area contributed by atoms with Gasteiger partial charge in [-0.25, -0.2) is 0 Å². The lowest BCUT2D eigenvalue weighted by Crippen LogP contribution is -2.02. The van der Waals surface area contributed by atoms with Crippen LogP contribution in [-0.4, -0.2) is 19.2 Å². The molecule has 0 aliphatic rings. The SMILES string of the molecule is COc1ccc(CNc2cnccc2C#N)cc1OC. The molecule has 5 heteroatoms. The zero-order chi connectivity index (χ0) is 14.4. The number of rotatable bonds is 5. The fourth-order valence-electron chi connectivity index (χ4n) is 1.82. The lowest BCUT2D eigenvalue weighted by atomic mass is 10.2. The maximum absolute atomic E-state index is 9.01. The van der Waals surface area contributed by atoms with E-state index in [4.69, 9.17) is 14.7 Å². The van der Waals surface area contributed by atoms with E-state index in [0.29, 0.717) is 29.3 Å². The van der Waals surface area contributed by atoms with Crippen molar-refractivity contribution in [3.05, 3.63) is 47.8 Å². The van der Waals surface area contributed by atoms with Crippen molar-refractivity contribution in [1.82, 2.24) is 4.98 Å². The second-order valence-corrected chi connectivity index (χ2v) is 4.08. The first-order chi connectivity index (χ1) is 9.78. The van der Waals surface area contributed by atoms with Gasteiger partial charge >= 0.3 is 0 Å². The predicted molar refractivity (Wildman–Crippen MR) is 75.8 cm³/mol. The summed E-state index contributed by atoms with van der Waals surface area (Å²) < 4.78 is 10.4. The Hall–Kier alpha value is -2.74. The van der Waals surface area contributed by atoms with Gasteiger partial charge in [-0.1, -0.05) is 6.07 Å². The summed E-state index contributed by atoms with van der Waals surface area (Å²) in [5.74, 6) is 1.37. The van der Waals surface area contributed by atoms with Crippen LogP contribution in [0.1, 0.15) is 11.1 Å². The van der Waals surface area contributed by atoms with Crippen LogP contribution in [0, 0.1) is 11.3 Å². The number of nitrogens with one attached hydrogen (secondary N) is 1. The molecule has 1 aromatic carbocycles. The number of pyridine rings is 1. The highest BCUT2D eigenvalue weighted by atomic mass is 16.5. The number of ether oxygens (including phenoxy) is 2. The lowest BCUT2D eigenvalue weighted by Gasteiger charge is -2.11. The number of hydrogen-bond acceptors (Lipinski definition) is 5. The van der Waals surface area contributed by atoms with Gasteiger partial charge < -0.3 is 14.8 Å². The summed E-state index contributed by atoms with van der Waals surface area (Å²) >= 11 is 0. The Bertz CT molecular complexity index is 635. The van der Waals surface area contributed by atoms with Crippen LogP contribution in [0.2, 0.25) is 0 Å². The fourth-order valence-corrected chi connectivity index (χ4v) is 1.82. The molecule has 0 bridgehead atoms. The first-order valence-electron chi connectivity index (χ1n) is 6.07. The molecule has 0 saturated heterocycles. The third-order valence-corrected chi connectivity index (χ3v) is 2.87. The number of hydrogen-bond donors (Lipinski definition) is 1. The van der Waals surface area contributed by atoms with Crippen molar-refractivity contribution in [3.8, 4) is 17.6 Å². The molecule has 1 aromatic heterocycles. The van der Waals surface area contributed by atoms with Crippen molar-refractivity contribution >= 4 is 5.69 Å². The molecule has 1 heterocycles. The molecule has 0 radical (unpaired) electrons. The van der Waals surface area contributed by atoms with Crippen LogP contribution in [0.25, 0.3) is 0 Å². The minimum absolute atomic E-state index is 0.570. The maximum atomic E-state index is 9.01. The molecular weight excluding hydrogens is 254 g/mol. The van der Waals surface area contributed by atoms with E-state index >= 15 is 0 Å². The van der Waals surface area contributed by atoms with Crippen LogP contribution in [0.5, 0.6) is 11.5 Å². The van der Waals surface area contributed by atoms with Gasteiger partial charge in [-0.15, -0.1) is 0 Å². The van der Waals surface area contributed by atoms with Gasteiger partial charge in [-0.3, -0.25) is 4.98 Å². The average molecular weight is 269 g/mol. The van der Waals surface area contributed by atoms with Crippen LogP contribution in [0.4, 0.5) is 5.69 Å². The van der Waals surface area contributed by atoms with Gasteiger partial charge in [0.2, 0.25) is 0 Å². The molecule has 2 rings (SSSR count). The average Bonchev–Trinajstić information content (AvgIpc) is 2.52. The van der Waals surface area contributed by atoms with Crippen LogP contribution >= 0.6 is 0 Å². The van der Waals surface area contributed by atoms with Crippen LogP contribution < -0.4 is 14.8 Å². The molecule has 0 amide bonds. The summed E-state index contributed by atoms with van der Waals surface area (Å²) in [7, 11) is 3.20. The normalized spacial score (nSPS) is 9.65. The monoisotopic (exact) mass is 269 g/mol. The molecular formula is C15H15N3O2. The number of nitrogens with zero attached hydrogens (tertiary/aromatic N) is 2. The van der Waals surface area contributed by atoms with E-state index < -0.39 is 0 Å². The molecule has 1 N–H and O–H groups in total. The van der Waals surface area contributed by atoms with Gasteiger partial charge in [-0.05, 0) is 23.8 Å². The molecule has 0 atom stereocenters. The molecule has 0 fully saturated rings. The van der Waals surface area contributed by atoms with Crippen LogP contribution in [-0.2, 0) is 6.54 Å². The van der Waals surface area contributed by atoms with Crippen molar-refractivity contribution in [1.29, 1.82) is 5.26 Å². The van der Waals surface area contributed by atoms with E-state index in [1.165, 1.54) is 0 Å². The molecule has 5 nitrogen and oxygen atoms in total. The van der Waals surface area contributed by atoms with Gasteiger partial charge in [0.15, 0.2) is 11.5 Å². The number of anilines is 1. The van der Waals surface area contributed by atoms with Crippen LogP contribution in [0.15, 0.2) is 36.7 Å². The van der Waals surface area contributed by atoms with E-state index in [2.05, 4.69) is 16.4 Å². The first-order valence-corrected chi connectivity index (χ1v) is 6.07. The van der Waals surface area contributed by atoms with E-state index in [9.17, 15) is 0 Å². The Balaban J connectivity index is 2.13. The van der Waals surface area contributed by atoms with E-state index in [-0.39, 0.29) is 0 Å².